The minimum Gasteiger partial charge on any atom is -0.264 e. The number of hydrogen-bond acceptors (Lipinski definition) is 1. The second-order valence-electron chi connectivity index (χ2n) is 5.54. The van der Waals surface area contributed by atoms with Gasteiger partial charge in [-0.2, -0.15) is 0 Å². The molecule has 0 atom stereocenters. The molecule has 0 saturated carbocycles. The van der Waals surface area contributed by atoms with Crippen molar-refractivity contribution in [1.82, 2.24) is 4.98 Å². The van der Waals surface area contributed by atoms with Gasteiger partial charge in [0.1, 0.15) is 0 Å². The van der Waals surface area contributed by atoms with Gasteiger partial charge >= 0.3 is 0 Å². The van der Waals surface area contributed by atoms with Gasteiger partial charge in [0.25, 0.3) is 0 Å². The number of pyridine rings is 1. The van der Waals surface area contributed by atoms with E-state index in [-0.39, 0.29) is 5.41 Å². The van der Waals surface area contributed by atoms with Gasteiger partial charge in [0.15, 0.2) is 0 Å². The van der Waals surface area contributed by atoms with Crippen LogP contribution in [0.1, 0.15) is 44.7 Å². The Hall–Kier alpha value is -1.37. The first kappa shape index (κ1) is 12.1. The number of aryl methyl sites for hydroxylation is 1. The minimum absolute atomic E-state index is 0.224. The molecule has 1 aromatic carbocycles. The van der Waals surface area contributed by atoms with Crippen LogP contribution in [0.4, 0.5) is 0 Å². The zero-order valence-electron chi connectivity index (χ0n) is 11.2. The van der Waals surface area contributed by atoms with Crippen LogP contribution in [0.3, 0.4) is 0 Å². The summed E-state index contributed by atoms with van der Waals surface area (Å²) in [6.07, 6.45) is 6.29. The average Bonchev–Trinajstić information content (AvgIpc) is 2.27. The number of aromatic nitrogens is 1. The highest BCUT2D eigenvalue weighted by atomic mass is 14.6. The highest BCUT2D eigenvalue weighted by molar-refractivity contribution is 5.86. The van der Waals surface area contributed by atoms with Crippen LogP contribution in [0.25, 0.3) is 10.8 Å². The molecule has 1 heteroatoms. The third kappa shape index (κ3) is 2.33. The second-order valence-corrected chi connectivity index (χ2v) is 5.54. The molecule has 2 rings (SSSR count). The lowest BCUT2D eigenvalue weighted by molar-refractivity contribution is 0.476. The summed E-state index contributed by atoms with van der Waals surface area (Å²) in [5, 5.41) is 2.61. The van der Waals surface area contributed by atoms with Crippen LogP contribution in [0.15, 0.2) is 30.6 Å². The summed E-state index contributed by atoms with van der Waals surface area (Å²) in [7, 11) is 0. The standard InChI is InChI=1S/C16H21N/c1-5-7-16(3,4)15-10-12(2)9-13-6-8-17-11-14(13)15/h6,8-11H,5,7H2,1-4H3. The van der Waals surface area contributed by atoms with Crippen LogP contribution in [-0.4, -0.2) is 4.98 Å². The van der Waals surface area contributed by atoms with Crippen molar-refractivity contribution in [1.29, 1.82) is 0 Å². The molecule has 0 radical (unpaired) electrons. The molecule has 0 amide bonds. The highest BCUT2D eigenvalue weighted by Crippen LogP contribution is 2.34. The van der Waals surface area contributed by atoms with Gasteiger partial charge in [-0.05, 0) is 35.8 Å². The van der Waals surface area contributed by atoms with E-state index in [9.17, 15) is 0 Å². The quantitative estimate of drug-likeness (QED) is 0.745. The minimum atomic E-state index is 0.224. The fourth-order valence-corrected chi connectivity index (χ4v) is 2.67. The summed E-state index contributed by atoms with van der Waals surface area (Å²) in [5.74, 6) is 0. The molecule has 1 nitrogen and oxygen atoms in total. The van der Waals surface area contributed by atoms with Gasteiger partial charge < -0.3 is 0 Å². The van der Waals surface area contributed by atoms with Gasteiger partial charge in [-0.3, -0.25) is 4.98 Å². The maximum Gasteiger partial charge on any atom is 0.0349 e. The van der Waals surface area contributed by atoms with Crippen molar-refractivity contribution in [2.45, 2.75) is 46.0 Å². The average molecular weight is 227 g/mol. The Morgan fingerprint density at radius 1 is 1.24 bits per heavy atom. The Labute approximate surface area is 104 Å². The van der Waals surface area contributed by atoms with Gasteiger partial charge in [-0.1, -0.05) is 44.9 Å². The van der Waals surface area contributed by atoms with Gasteiger partial charge in [0, 0.05) is 17.8 Å². The van der Waals surface area contributed by atoms with E-state index < -0.39 is 0 Å². The van der Waals surface area contributed by atoms with Gasteiger partial charge in [-0.25, -0.2) is 0 Å². The highest BCUT2D eigenvalue weighted by Gasteiger charge is 2.22. The molecule has 0 fully saturated rings. The van der Waals surface area contributed by atoms with Crippen LogP contribution in [0.5, 0.6) is 0 Å². The van der Waals surface area contributed by atoms with Crippen LogP contribution in [0, 0.1) is 6.92 Å². The lowest BCUT2D eigenvalue weighted by Gasteiger charge is -2.26. The first-order valence-corrected chi connectivity index (χ1v) is 6.39. The van der Waals surface area contributed by atoms with Crippen molar-refractivity contribution in [2.75, 3.05) is 0 Å². The maximum absolute atomic E-state index is 4.28. The van der Waals surface area contributed by atoms with E-state index in [1.54, 1.807) is 0 Å². The van der Waals surface area contributed by atoms with E-state index in [4.69, 9.17) is 0 Å². The molecule has 0 bridgehead atoms. The predicted molar refractivity (Wildman–Crippen MR) is 74.4 cm³/mol. The number of benzene rings is 1. The van der Waals surface area contributed by atoms with Crippen molar-refractivity contribution >= 4 is 10.8 Å². The molecule has 0 spiro atoms. The van der Waals surface area contributed by atoms with E-state index in [2.05, 4.69) is 50.9 Å². The molecule has 0 aliphatic rings. The van der Waals surface area contributed by atoms with Gasteiger partial charge in [0.2, 0.25) is 0 Å². The predicted octanol–water partition coefficient (Wildman–Crippen LogP) is 4.62. The Morgan fingerprint density at radius 3 is 2.71 bits per heavy atom. The second kappa shape index (κ2) is 4.48. The Bertz CT molecular complexity index is 526. The number of hydrogen-bond donors (Lipinski definition) is 0. The van der Waals surface area contributed by atoms with Gasteiger partial charge in [0.05, 0.1) is 0 Å². The molecule has 1 heterocycles. The van der Waals surface area contributed by atoms with E-state index >= 15 is 0 Å². The lowest BCUT2D eigenvalue weighted by atomic mass is 9.78. The number of fused-ring (bicyclic) bond motifs is 1. The first-order valence-electron chi connectivity index (χ1n) is 6.39. The third-order valence-electron chi connectivity index (χ3n) is 3.50. The molecular weight excluding hydrogens is 206 g/mol. The number of rotatable bonds is 3. The molecule has 0 saturated heterocycles. The zero-order valence-corrected chi connectivity index (χ0v) is 11.2. The molecule has 0 N–H and O–H groups in total. The summed E-state index contributed by atoms with van der Waals surface area (Å²) in [5.41, 5.74) is 2.99. The van der Waals surface area contributed by atoms with Crippen molar-refractivity contribution < 1.29 is 0 Å². The van der Waals surface area contributed by atoms with Crippen molar-refractivity contribution in [2.24, 2.45) is 0 Å². The molecule has 0 aliphatic carbocycles. The third-order valence-corrected chi connectivity index (χ3v) is 3.50. The number of nitrogens with zero attached hydrogens (tertiary/aromatic N) is 1. The van der Waals surface area contributed by atoms with Crippen LogP contribution in [-0.2, 0) is 5.41 Å². The smallest absolute Gasteiger partial charge is 0.0349 e. The largest absolute Gasteiger partial charge is 0.264 e. The molecule has 0 unspecified atom stereocenters. The van der Waals surface area contributed by atoms with Crippen LogP contribution < -0.4 is 0 Å². The van der Waals surface area contributed by atoms with Gasteiger partial charge in [-0.15, -0.1) is 0 Å². The Morgan fingerprint density at radius 2 is 2.00 bits per heavy atom. The van der Waals surface area contributed by atoms with Crippen LogP contribution >= 0.6 is 0 Å². The van der Waals surface area contributed by atoms with E-state index in [1.165, 1.54) is 34.7 Å². The molecule has 0 aliphatic heterocycles. The van der Waals surface area contributed by atoms with Crippen molar-refractivity contribution in [3.05, 3.63) is 41.7 Å². The van der Waals surface area contributed by atoms with E-state index in [0.717, 1.165) is 0 Å². The van der Waals surface area contributed by atoms with Crippen molar-refractivity contribution in [3.8, 4) is 0 Å². The molecule has 90 valence electrons. The summed E-state index contributed by atoms with van der Waals surface area (Å²) in [6, 6.07) is 6.66. The van der Waals surface area contributed by atoms with Crippen molar-refractivity contribution in [3.63, 3.8) is 0 Å². The fraction of sp³-hybridized carbons (Fsp3) is 0.438. The summed E-state index contributed by atoms with van der Waals surface area (Å²) >= 11 is 0. The summed E-state index contributed by atoms with van der Waals surface area (Å²) in [6.45, 7) is 9.08. The monoisotopic (exact) mass is 227 g/mol. The molecule has 17 heavy (non-hydrogen) atoms. The maximum atomic E-state index is 4.28. The first-order chi connectivity index (χ1) is 8.04. The molecule has 2 aromatic rings. The normalized spacial score (nSPS) is 12.0. The Kier molecular flexibility index (Phi) is 3.19. The molecule has 1 aromatic heterocycles. The Balaban J connectivity index is 2.67. The van der Waals surface area contributed by atoms with E-state index in [1.807, 2.05) is 12.4 Å². The van der Waals surface area contributed by atoms with Crippen LogP contribution in [0.2, 0.25) is 0 Å². The summed E-state index contributed by atoms with van der Waals surface area (Å²) in [4.78, 5) is 4.28. The molecular formula is C16H21N. The topological polar surface area (TPSA) is 12.9 Å². The summed E-state index contributed by atoms with van der Waals surface area (Å²) < 4.78 is 0. The van der Waals surface area contributed by atoms with E-state index in [0.29, 0.717) is 0 Å². The zero-order chi connectivity index (χ0) is 12.5. The fourth-order valence-electron chi connectivity index (χ4n) is 2.67. The SMILES string of the molecule is CCCC(C)(C)c1cc(C)cc2ccncc12. The lowest BCUT2D eigenvalue weighted by Crippen LogP contribution is -2.17.